The van der Waals surface area contributed by atoms with Crippen molar-refractivity contribution in [1.82, 2.24) is 10.4 Å². The molecular formula is C15H26N2O3. The average molecular weight is 282 g/mol. The van der Waals surface area contributed by atoms with Crippen molar-refractivity contribution in [3.63, 3.8) is 0 Å². The van der Waals surface area contributed by atoms with Crippen LogP contribution in [0, 0.1) is 11.8 Å². The maximum absolute atomic E-state index is 12.6. The second-order valence-corrected chi connectivity index (χ2v) is 6.21. The SMILES string of the molecule is O=C(C[C@@H](CC1CCCC1)C(=O)N1CCCCC1)NO. The molecule has 5 heteroatoms. The summed E-state index contributed by atoms with van der Waals surface area (Å²) in [5.74, 6) is -0.0258. The van der Waals surface area contributed by atoms with Crippen molar-refractivity contribution in [3.8, 4) is 0 Å². The second kappa shape index (κ2) is 7.62. The number of carbonyl (C=O) groups is 2. The summed E-state index contributed by atoms with van der Waals surface area (Å²) in [5.41, 5.74) is 1.67. The van der Waals surface area contributed by atoms with Gasteiger partial charge in [-0.3, -0.25) is 14.8 Å². The molecule has 1 heterocycles. The summed E-state index contributed by atoms with van der Waals surface area (Å²) < 4.78 is 0. The molecule has 20 heavy (non-hydrogen) atoms. The highest BCUT2D eigenvalue weighted by atomic mass is 16.5. The molecule has 2 N–H and O–H groups in total. The highest BCUT2D eigenvalue weighted by molar-refractivity contribution is 5.85. The molecule has 0 aromatic rings. The largest absolute Gasteiger partial charge is 0.342 e. The van der Waals surface area contributed by atoms with Crippen LogP contribution in [0.1, 0.15) is 57.8 Å². The van der Waals surface area contributed by atoms with Gasteiger partial charge in [-0.2, -0.15) is 0 Å². The molecule has 0 aromatic carbocycles. The fraction of sp³-hybridized carbons (Fsp3) is 0.867. The van der Waals surface area contributed by atoms with E-state index in [9.17, 15) is 9.59 Å². The molecule has 1 aliphatic carbocycles. The lowest BCUT2D eigenvalue weighted by atomic mass is 9.89. The third-order valence-corrected chi connectivity index (χ3v) is 4.67. The van der Waals surface area contributed by atoms with Crippen LogP contribution in [0.3, 0.4) is 0 Å². The Morgan fingerprint density at radius 2 is 1.75 bits per heavy atom. The Kier molecular flexibility index (Phi) is 5.83. The summed E-state index contributed by atoms with van der Waals surface area (Å²) in [7, 11) is 0. The van der Waals surface area contributed by atoms with E-state index >= 15 is 0 Å². The van der Waals surface area contributed by atoms with Gasteiger partial charge in [-0.05, 0) is 31.6 Å². The molecule has 2 rings (SSSR count). The molecular weight excluding hydrogens is 256 g/mol. The Labute approximate surface area is 120 Å². The van der Waals surface area contributed by atoms with Crippen molar-refractivity contribution in [2.75, 3.05) is 13.1 Å². The van der Waals surface area contributed by atoms with Gasteiger partial charge >= 0.3 is 0 Å². The molecule has 0 radical (unpaired) electrons. The zero-order valence-corrected chi connectivity index (χ0v) is 12.1. The van der Waals surface area contributed by atoms with Crippen LogP contribution in [0.15, 0.2) is 0 Å². The van der Waals surface area contributed by atoms with Crippen molar-refractivity contribution in [2.24, 2.45) is 11.8 Å². The fourth-order valence-corrected chi connectivity index (χ4v) is 3.56. The van der Waals surface area contributed by atoms with Gasteiger partial charge in [0.05, 0.1) is 0 Å². The van der Waals surface area contributed by atoms with Crippen molar-refractivity contribution >= 4 is 11.8 Å². The molecule has 2 amide bonds. The van der Waals surface area contributed by atoms with Crippen LogP contribution < -0.4 is 5.48 Å². The summed E-state index contributed by atoms with van der Waals surface area (Å²) in [5, 5.41) is 8.71. The first-order chi connectivity index (χ1) is 9.70. The van der Waals surface area contributed by atoms with Gasteiger partial charge in [-0.25, -0.2) is 5.48 Å². The van der Waals surface area contributed by atoms with Gasteiger partial charge in [0.1, 0.15) is 0 Å². The predicted molar refractivity (Wildman–Crippen MR) is 75.0 cm³/mol. The number of rotatable bonds is 5. The minimum atomic E-state index is -0.446. The standard InChI is InChI=1S/C15H26N2O3/c18-14(16-20)11-13(10-12-6-2-3-7-12)15(19)17-8-4-1-5-9-17/h12-13,20H,1-11H2,(H,16,18)/t13-/m1/s1. The highest BCUT2D eigenvalue weighted by Crippen LogP contribution is 2.32. The molecule has 1 aliphatic heterocycles. The van der Waals surface area contributed by atoms with Gasteiger partial charge in [0, 0.05) is 25.4 Å². The first kappa shape index (κ1) is 15.3. The monoisotopic (exact) mass is 282 g/mol. The van der Waals surface area contributed by atoms with Crippen molar-refractivity contribution in [2.45, 2.75) is 57.8 Å². The first-order valence-corrected chi connectivity index (χ1v) is 7.92. The van der Waals surface area contributed by atoms with Gasteiger partial charge in [0.15, 0.2) is 0 Å². The molecule has 1 saturated carbocycles. The van der Waals surface area contributed by atoms with Crippen LogP contribution in [-0.4, -0.2) is 35.0 Å². The zero-order chi connectivity index (χ0) is 14.4. The summed E-state index contributed by atoms with van der Waals surface area (Å²) in [4.78, 5) is 26.0. The Hall–Kier alpha value is -1.10. The number of carbonyl (C=O) groups excluding carboxylic acids is 2. The third kappa shape index (κ3) is 4.20. The Balaban J connectivity index is 1.95. The van der Waals surface area contributed by atoms with E-state index in [1.54, 1.807) is 5.48 Å². The van der Waals surface area contributed by atoms with Crippen LogP contribution in [0.2, 0.25) is 0 Å². The minimum absolute atomic E-state index is 0.111. The van der Waals surface area contributed by atoms with Gasteiger partial charge in [-0.15, -0.1) is 0 Å². The lowest BCUT2D eigenvalue weighted by molar-refractivity contribution is -0.141. The molecule has 0 spiro atoms. The molecule has 1 atom stereocenters. The minimum Gasteiger partial charge on any atom is -0.342 e. The predicted octanol–water partition coefficient (Wildman–Crippen LogP) is 2.09. The molecule has 5 nitrogen and oxygen atoms in total. The number of amides is 2. The highest BCUT2D eigenvalue weighted by Gasteiger charge is 2.30. The van der Waals surface area contributed by atoms with Crippen LogP contribution in [0.4, 0.5) is 0 Å². The lowest BCUT2D eigenvalue weighted by Crippen LogP contribution is -2.41. The van der Waals surface area contributed by atoms with E-state index in [4.69, 9.17) is 5.21 Å². The quantitative estimate of drug-likeness (QED) is 0.599. The number of hydrogen-bond acceptors (Lipinski definition) is 3. The summed E-state index contributed by atoms with van der Waals surface area (Å²) in [6.45, 7) is 1.64. The molecule has 2 aliphatic rings. The third-order valence-electron chi connectivity index (χ3n) is 4.67. The summed E-state index contributed by atoms with van der Waals surface area (Å²) in [6, 6.07) is 0. The summed E-state index contributed by atoms with van der Waals surface area (Å²) in [6.07, 6.45) is 9.04. The fourth-order valence-electron chi connectivity index (χ4n) is 3.56. The van der Waals surface area contributed by atoms with E-state index in [-0.39, 0.29) is 18.2 Å². The topological polar surface area (TPSA) is 69.6 Å². The van der Waals surface area contributed by atoms with Crippen LogP contribution in [-0.2, 0) is 9.59 Å². The van der Waals surface area contributed by atoms with Gasteiger partial charge in [0.25, 0.3) is 0 Å². The van der Waals surface area contributed by atoms with Crippen LogP contribution in [0.25, 0.3) is 0 Å². The van der Waals surface area contributed by atoms with Gasteiger partial charge in [0.2, 0.25) is 11.8 Å². The Morgan fingerprint density at radius 1 is 1.10 bits per heavy atom. The number of hydrogen-bond donors (Lipinski definition) is 2. The number of likely N-dealkylation sites (tertiary alicyclic amines) is 1. The number of nitrogens with zero attached hydrogens (tertiary/aromatic N) is 1. The molecule has 0 aromatic heterocycles. The maximum Gasteiger partial charge on any atom is 0.244 e. The normalized spacial score (nSPS) is 21.8. The zero-order valence-electron chi connectivity index (χ0n) is 12.1. The van der Waals surface area contributed by atoms with E-state index < -0.39 is 5.91 Å². The average Bonchev–Trinajstić information content (AvgIpc) is 2.99. The van der Waals surface area contributed by atoms with Crippen LogP contribution in [0.5, 0.6) is 0 Å². The van der Waals surface area contributed by atoms with Crippen molar-refractivity contribution < 1.29 is 14.8 Å². The van der Waals surface area contributed by atoms with E-state index in [0.29, 0.717) is 5.92 Å². The Bertz CT molecular complexity index is 334. The second-order valence-electron chi connectivity index (χ2n) is 6.21. The summed E-state index contributed by atoms with van der Waals surface area (Å²) >= 11 is 0. The van der Waals surface area contributed by atoms with E-state index in [1.807, 2.05) is 4.90 Å². The van der Waals surface area contributed by atoms with Crippen molar-refractivity contribution in [1.29, 1.82) is 0 Å². The van der Waals surface area contributed by atoms with Gasteiger partial charge < -0.3 is 4.90 Å². The van der Waals surface area contributed by atoms with E-state index in [2.05, 4.69) is 0 Å². The van der Waals surface area contributed by atoms with E-state index in [1.165, 1.54) is 32.1 Å². The molecule has 0 bridgehead atoms. The molecule has 0 unspecified atom stereocenters. The lowest BCUT2D eigenvalue weighted by Gasteiger charge is -2.31. The molecule has 1 saturated heterocycles. The van der Waals surface area contributed by atoms with Crippen LogP contribution >= 0.6 is 0 Å². The number of piperidine rings is 1. The van der Waals surface area contributed by atoms with Crippen molar-refractivity contribution in [3.05, 3.63) is 0 Å². The maximum atomic E-state index is 12.6. The first-order valence-electron chi connectivity index (χ1n) is 7.92. The number of nitrogens with one attached hydrogen (secondary N) is 1. The Morgan fingerprint density at radius 3 is 2.35 bits per heavy atom. The molecule has 114 valence electrons. The van der Waals surface area contributed by atoms with Gasteiger partial charge in [-0.1, -0.05) is 25.7 Å². The molecule has 2 fully saturated rings. The van der Waals surface area contributed by atoms with E-state index in [0.717, 1.165) is 32.4 Å². The smallest absolute Gasteiger partial charge is 0.244 e. The number of hydroxylamine groups is 1.